The van der Waals surface area contributed by atoms with Crippen LogP contribution in [-0.2, 0) is 56.8 Å². The van der Waals surface area contributed by atoms with Crippen LogP contribution in [0.4, 0.5) is 0 Å². The van der Waals surface area contributed by atoms with Gasteiger partial charge in [0.1, 0.15) is 30.1 Å². The Labute approximate surface area is 451 Å². The summed E-state index contributed by atoms with van der Waals surface area (Å²) in [5, 5.41) is 23.7. The van der Waals surface area contributed by atoms with Crippen LogP contribution in [0.2, 0.25) is 18.1 Å². The summed E-state index contributed by atoms with van der Waals surface area (Å²) in [5.74, 6) is -7.87. The van der Waals surface area contributed by atoms with E-state index >= 15 is 0 Å². The lowest BCUT2D eigenvalue weighted by atomic mass is 9.78. The number of aliphatic hydroxyl groups is 2. The minimum absolute atomic E-state index is 0.0168. The highest BCUT2D eigenvalue weighted by Gasteiger charge is 2.53. The van der Waals surface area contributed by atoms with Gasteiger partial charge in [-0.2, -0.15) is 0 Å². The number of carbonyl (C=O) groups is 5. The van der Waals surface area contributed by atoms with Gasteiger partial charge >= 0.3 is 5.97 Å². The van der Waals surface area contributed by atoms with Gasteiger partial charge in [0.25, 0.3) is 11.7 Å². The van der Waals surface area contributed by atoms with E-state index < -0.39 is 86.1 Å². The van der Waals surface area contributed by atoms with E-state index in [-0.39, 0.29) is 66.0 Å². The molecule has 1 aliphatic carbocycles. The molecule has 0 radical (unpaired) electrons. The molecule has 3 heterocycles. The number of ether oxygens (including phenoxy) is 6. The first-order valence-electron chi connectivity index (χ1n) is 27.9. The average Bonchev–Trinajstić information content (AvgIpc) is 3.36. The van der Waals surface area contributed by atoms with Crippen LogP contribution in [0.15, 0.2) is 47.6 Å². The highest BCUT2D eigenvalue weighted by atomic mass is 28.4. The number of hydrogen-bond donors (Lipinski definition) is 2. The molecular weight excluding hydrogens is 975 g/mol. The van der Waals surface area contributed by atoms with Crippen molar-refractivity contribution in [2.75, 3.05) is 41.1 Å². The molecule has 3 fully saturated rings. The lowest BCUT2D eigenvalue weighted by molar-refractivity contribution is -0.265. The maximum absolute atomic E-state index is 14.6. The van der Waals surface area contributed by atoms with E-state index in [0.717, 1.165) is 18.4 Å². The van der Waals surface area contributed by atoms with Crippen LogP contribution in [0.25, 0.3) is 0 Å². The second kappa shape index (κ2) is 29.1. The molecule has 426 valence electrons. The minimum atomic E-state index is -2.43. The molecule has 0 aromatic carbocycles. The maximum atomic E-state index is 14.6. The summed E-state index contributed by atoms with van der Waals surface area (Å²) in [7, 11) is 2.73. The Bertz CT molecular complexity index is 2030. The highest BCUT2D eigenvalue weighted by molar-refractivity contribution is 6.74. The summed E-state index contributed by atoms with van der Waals surface area (Å²) in [5.41, 5.74) is 1.28. The largest absolute Gasteiger partial charge is 0.460 e. The number of nitrogens with zero attached hydrogens (tertiary/aromatic N) is 1. The average molecular weight is 1070 g/mol. The number of cyclic esters (lactones) is 1. The normalized spacial score (nSPS) is 37.1. The van der Waals surface area contributed by atoms with Crippen molar-refractivity contribution in [1.29, 1.82) is 0 Å². The minimum Gasteiger partial charge on any atom is -0.460 e. The summed E-state index contributed by atoms with van der Waals surface area (Å²) in [6.45, 7) is 24.9. The monoisotopic (exact) mass is 1070 g/mol. The molecule has 1 amide bonds. The van der Waals surface area contributed by atoms with Gasteiger partial charge in [-0.05, 0) is 125 Å². The Hall–Kier alpha value is -3.19. The quantitative estimate of drug-likeness (QED) is 0.0654. The molecule has 0 aromatic heterocycles. The van der Waals surface area contributed by atoms with Gasteiger partial charge in [0.05, 0.1) is 37.6 Å². The Kier molecular flexibility index (Phi) is 25.0. The first-order valence-corrected chi connectivity index (χ1v) is 30.8. The number of hydrogen-bond acceptors (Lipinski definition) is 14. The number of aliphatic hydroxyl groups excluding tert-OH is 1. The van der Waals surface area contributed by atoms with E-state index in [9.17, 15) is 34.2 Å². The van der Waals surface area contributed by atoms with Gasteiger partial charge in [-0.1, -0.05) is 91.8 Å². The topological polar surface area (TPSA) is 194 Å². The number of carbonyl (C=O) groups excluding carboxylic acids is 5. The van der Waals surface area contributed by atoms with Crippen molar-refractivity contribution < 1.29 is 67.0 Å². The second-order valence-corrected chi connectivity index (χ2v) is 28.9. The lowest BCUT2D eigenvalue weighted by Crippen LogP contribution is -2.61. The standard InChI is InChI=1S/C59H97NO14Si/c1-37-21-17-16-18-22-38(2)49(68-11)35-45-26-24-43(7)59(67,74-45)55(64)56(65)60-28-20-19-23-46(60)57(66)73-50(36-47(61)39(3)32-42(6)53(63)54(70-13)52(62)41(5)31-37)40(4)33-44-25-27-48(51(34-44)69-12)71-29-30-72-75(14,15)58(8,9)10/h16-18,21-22,32,37,39-41,43-46,48-51,53-54,63,67H,19-20,23-31,33-36H2,1-15H3/b18-16+,21-17+,38-22+,42-32+/t37-,39-,40-,41-,43-,44+,45+,46+,48-,49+,50+,51-,53-,54+,59-/m1/s1. The number of piperidine rings is 1. The van der Waals surface area contributed by atoms with Gasteiger partial charge in [-0.15, -0.1) is 0 Å². The number of Topliss-reactive ketones (excluding diaryl/α,β-unsaturated/α-hetero) is 3. The third kappa shape index (κ3) is 17.7. The van der Waals surface area contributed by atoms with Crippen molar-refractivity contribution in [2.45, 2.75) is 219 Å². The molecule has 2 N–H and O–H groups in total. The number of methoxy groups -OCH3 is 3. The molecule has 4 rings (SSSR count). The lowest BCUT2D eigenvalue weighted by Gasteiger charge is -2.42. The number of esters is 1. The first-order chi connectivity index (χ1) is 35.2. The van der Waals surface area contributed by atoms with Crippen LogP contribution < -0.4 is 0 Å². The van der Waals surface area contributed by atoms with E-state index in [0.29, 0.717) is 70.2 Å². The SMILES string of the molecule is CO[C@H]1C[C@@H]2CC[C@@H](C)[C@@](O)(O2)C(=O)C(=O)N2CCCC[C@H]2C(=O)O[C@H]([C@H](C)C[C@@H]2CC[C@@H](OCCO[Si](C)(C)C(C)(C)C)[C@H](OC)C2)CC(=O)[C@H](C)/C=C(\C)[C@@H](O)[C@@H](OC)C(=O)[C@H](C)C[C@H](C)/C=C/C=C/C=C/1C. The van der Waals surface area contributed by atoms with Crippen molar-refractivity contribution >= 4 is 37.5 Å². The van der Waals surface area contributed by atoms with Crippen LogP contribution >= 0.6 is 0 Å². The fourth-order valence-electron chi connectivity index (χ4n) is 11.0. The molecule has 2 bridgehead atoms. The van der Waals surface area contributed by atoms with Crippen LogP contribution in [-0.4, -0.2) is 148 Å². The molecule has 4 aliphatic rings. The summed E-state index contributed by atoms with van der Waals surface area (Å²) in [6, 6.07) is -1.14. The summed E-state index contributed by atoms with van der Waals surface area (Å²) in [4.78, 5) is 72.7. The van der Waals surface area contributed by atoms with E-state index in [4.69, 9.17) is 32.8 Å². The molecule has 15 nitrogen and oxygen atoms in total. The fourth-order valence-corrected chi connectivity index (χ4v) is 12.0. The van der Waals surface area contributed by atoms with E-state index in [1.807, 2.05) is 58.1 Å². The van der Waals surface area contributed by atoms with Gasteiger partial charge in [0.15, 0.2) is 14.1 Å². The predicted molar refractivity (Wildman–Crippen MR) is 292 cm³/mol. The van der Waals surface area contributed by atoms with Crippen LogP contribution in [0.5, 0.6) is 0 Å². The third-order valence-electron chi connectivity index (χ3n) is 17.1. The molecule has 15 atom stereocenters. The van der Waals surface area contributed by atoms with Crippen LogP contribution in [0.3, 0.4) is 0 Å². The number of amides is 1. The molecule has 75 heavy (non-hydrogen) atoms. The van der Waals surface area contributed by atoms with Gasteiger partial charge in [0.2, 0.25) is 5.79 Å². The molecule has 16 heteroatoms. The smallest absolute Gasteiger partial charge is 0.329 e. The van der Waals surface area contributed by atoms with Gasteiger partial charge in [-0.3, -0.25) is 19.2 Å². The predicted octanol–water partition coefficient (Wildman–Crippen LogP) is 9.23. The van der Waals surface area contributed by atoms with Crippen LogP contribution in [0, 0.1) is 35.5 Å². The van der Waals surface area contributed by atoms with Crippen molar-refractivity contribution in [3.05, 3.63) is 47.6 Å². The van der Waals surface area contributed by atoms with Crippen molar-refractivity contribution in [3.8, 4) is 0 Å². The van der Waals surface area contributed by atoms with Crippen molar-refractivity contribution in [1.82, 2.24) is 4.90 Å². The molecule has 0 spiro atoms. The van der Waals surface area contributed by atoms with E-state index in [1.165, 1.54) is 12.0 Å². The number of fused-ring (bicyclic) bond motifs is 3. The molecule has 0 unspecified atom stereocenters. The summed E-state index contributed by atoms with van der Waals surface area (Å²) in [6.07, 6.45) is 12.4. The fraction of sp³-hybridized carbons (Fsp3) is 0.780. The summed E-state index contributed by atoms with van der Waals surface area (Å²) >= 11 is 0. The molecule has 2 saturated heterocycles. The Morgan fingerprint density at radius 1 is 0.840 bits per heavy atom. The van der Waals surface area contributed by atoms with E-state index in [1.54, 1.807) is 41.1 Å². The zero-order valence-electron chi connectivity index (χ0n) is 48.4. The van der Waals surface area contributed by atoms with Crippen molar-refractivity contribution in [2.24, 2.45) is 35.5 Å². The summed E-state index contributed by atoms with van der Waals surface area (Å²) < 4.78 is 42.8. The highest BCUT2D eigenvalue weighted by Crippen LogP contribution is 2.39. The Morgan fingerprint density at radius 3 is 2.20 bits per heavy atom. The number of allylic oxidation sites excluding steroid dienone is 6. The van der Waals surface area contributed by atoms with Crippen molar-refractivity contribution in [3.63, 3.8) is 0 Å². The van der Waals surface area contributed by atoms with Gasteiger partial charge in [0, 0.05) is 58.5 Å². The molecular formula is C59H97NO14Si. The zero-order chi connectivity index (χ0) is 56.0. The first kappa shape index (κ1) is 64.3. The third-order valence-corrected chi connectivity index (χ3v) is 21.7. The van der Waals surface area contributed by atoms with E-state index in [2.05, 4.69) is 33.9 Å². The van der Waals surface area contributed by atoms with Gasteiger partial charge < -0.3 is 48.0 Å². The maximum Gasteiger partial charge on any atom is 0.329 e. The Balaban J connectivity index is 1.65. The second-order valence-electron chi connectivity index (χ2n) is 24.0. The Morgan fingerprint density at radius 2 is 1.55 bits per heavy atom. The number of ketones is 3. The number of rotatable bonds is 11. The zero-order valence-corrected chi connectivity index (χ0v) is 49.4. The van der Waals surface area contributed by atoms with Crippen LogP contribution in [0.1, 0.15) is 146 Å². The van der Waals surface area contributed by atoms with Gasteiger partial charge in [-0.25, -0.2) is 4.79 Å². The molecule has 1 saturated carbocycles. The molecule has 3 aliphatic heterocycles. The molecule has 0 aromatic rings.